The van der Waals surface area contributed by atoms with Crippen molar-refractivity contribution in [2.45, 2.75) is 26.2 Å². The van der Waals surface area contributed by atoms with Gasteiger partial charge in [-0.15, -0.1) is 0 Å². The fraction of sp³-hybridized carbons (Fsp3) is 0.235. The van der Waals surface area contributed by atoms with Crippen molar-refractivity contribution in [1.29, 1.82) is 0 Å². The Labute approximate surface area is 124 Å². The summed E-state index contributed by atoms with van der Waals surface area (Å²) in [7, 11) is 0. The predicted molar refractivity (Wildman–Crippen MR) is 84.5 cm³/mol. The van der Waals surface area contributed by atoms with E-state index in [-0.39, 0.29) is 5.91 Å². The van der Waals surface area contributed by atoms with Crippen LogP contribution in [0, 0.1) is 0 Å². The number of benzene rings is 2. The predicted octanol–water partition coefficient (Wildman–Crippen LogP) is 4.93. The lowest BCUT2D eigenvalue weighted by Gasteiger charge is -2.11. The Hall–Kier alpha value is -1.80. The van der Waals surface area contributed by atoms with Gasteiger partial charge >= 0.3 is 0 Å². The highest BCUT2D eigenvalue weighted by Crippen LogP contribution is 2.21. The van der Waals surface area contributed by atoms with Crippen LogP contribution in [-0.2, 0) is 6.42 Å². The first-order valence-corrected chi connectivity index (χ1v) is 7.24. The van der Waals surface area contributed by atoms with E-state index in [9.17, 15) is 4.79 Å². The number of aryl methyl sites for hydroxylation is 1. The minimum atomic E-state index is -0.167. The highest BCUT2D eigenvalue weighted by molar-refractivity contribution is 6.34. The van der Waals surface area contributed by atoms with Crippen LogP contribution in [0.3, 0.4) is 0 Å². The number of anilines is 1. The number of para-hydroxylation sites is 1. The SMILES string of the molecule is CCCCc1ccccc1NC(=O)c1ccccc1Cl. The number of unbranched alkanes of at least 4 members (excludes halogenated alkanes) is 1. The maximum Gasteiger partial charge on any atom is 0.257 e. The van der Waals surface area contributed by atoms with Crippen molar-refractivity contribution in [3.8, 4) is 0 Å². The maximum atomic E-state index is 12.3. The fourth-order valence-electron chi connectivity index (χ4n) is 2.06. The van der Waals surface area contributed by atoms with Crippen LogP contribution in [0.2, 0.25) is 5.02 Å². The minimum Gasteiger partial charge on any atom is -0.322 e. The van der Waals surface area contributed by atoms with E-state index in [2.05, 4.69) is 18.3 Å². The summed E-state index contributed by atoms with van der Waals surface area (Å²) < 4.78 is 0. The summed E-state index contributed by atoms with van der Waals surface area (Å²) in [6, 6.07) is 15.0. The Bertz CT molecular complexity index is 595. The summed E-state index contributed by atoms with van der Waals surface area (Å²) in [4.78, 5) is 12.3. The monoisotopic (exact) mass is 287 g/mol. The number of halogens is 1. The second-order valence-electron chi connectivity index (χ2n) is 4.69. The molecule has 0 atom stereocenters. The molecule has 0 aliphatic heterocycles. The molecule has 0 saturated carbocycles. The molecule has 0 fully saturated rings. The fourth-order valence-corrected chi connectivity index (χ4v) is 2.28. The molecular weight excluding hydrogens is 270 g/mol. The first-order chi connectivity index (χ1) is 9.72. The Balaban J connectivity index is 2.18. The van der Waals surface area contributed by atoms with E-state index in [0.717, 1.165) is 30.5 Å². The number of nitrogens with one attached hydrogen (secondary N) is 1. The van der Waals surface area contributed by atoms with Gasteiger partial charge in [-0.05, 0) is 36.6 Å². The van der Waals surface area contributed by atoms with Gasteiger partial charge in [-0.3, -0.25) is 4.79 Å². The second kappa shape index (κ2) is 7.11. The molecule has 2 rings (SSSR count). The van der Waals surface area contributed by atoms with Gasteiger partial charge in [0.15, 0.2) is 0 Å². The summed E-state index contributed by atoms with van der Waals surface area (Å²) in [6.45, 7) is 2.16. The molecule has 0 bridgehead atoms. The molecule has 0 unspecified atom stereocenters. The number of rotatable bonds is 5. The standard InChI is InChI=1S/C17H18ClNO/c1-2-3-8-13-9-4-7-12-16(13)19-17(20)14-10-5-6-11-15(14)18/h4-7,9-12H,2-3,8H2,1H3,(H,19,20). The molecule has 1 N–H and O–H groups in total. The Morgan fingerprint density at radius 1 is 1.10 bits per heavy atom. The molecule has 0 aliphatic rings. The van der Waals surface area contributed by atoms with Gasteiger partial charge in [-0.1, -0.05) is 55.3 Å². The van der Waals surface area contributed by atoms with Gasteiger partial charge in [0.2, 0.25) is 0 Å². The van der Waals surface area contributed by atoms with Crippen LogP contribution in [0.15, 0.2) is 48.5 Å². The number of hydrogen-bond acceptors (Lipinski definition) is 1. The molecule has 3 heteroatoms. The van der Waals surface area contributed by atoms with Crippen LogP contribution in [0.1, 0.15) is 35.7 Å². The van der Waals surface area contributed by atoms with Crippen molar-refractivity contribution < 1.29 is 4.79 Å². The molecule has 0 aliphatic carbocycles. The molecule has 0 aromatic heterocycles. The Morgan fingerprint density at radius 3 is 2.55 bits per heavy atom. The third kappa shape index (κ3) is 3.61. The van der Waals surface area contributed by atoms with Gasteiger partial charge in [0, 0.05) is 5.69 Å². The smallest absolute Gasteiger partial charge is 0.257 e. The van der Waals surface area contributed by atoms with Crippen molar-refractivity contribution in [3.05, 3.63) is 64.7 Å². The van der Waals surface area contributed by atoms with Crippen molar-refractivity contribution in [1.82, 2.24) is 0 Å². The second-order valence-corrected chi connectivity index (χ2v) is 5.10. The highest BCUT2D eigenvalue weighted by atomic mass is 35.5. The van der Waals surface area contributed by atoms with Crippen molar-refractivity contribution >= 4 is 23.2 Å². The van der Waals surface area contributed by atoms with Gasteiger partial charge in [0.05, 0.1) is 10.6 Å². The maximum absolute atomic E-state index is 12.3. The first-order valence-electron chi connectivity index (χ1n) is 6.86. The lowest BCUT2D eigenvalue weighted by molar-refractivity contribution is 0.102. The van der Waals surface area contributed by atoms with Crippen LogP contribution in [0.4, 0.5) is 5.69 Å². The Morgan fingerprint density at radius 2 is 1.80 bits per heavy atom. The van der Waals surface area contributed by atoms with Gasteiger partial charge in [0.1, 0.15) is 0 Å². The van der Waals surface area contributed by atoms with Crippen LogP contribution in [0.25, 0.3) is 0 Å². The van der Waals surface area contributed by atoms with E-state index in [0.29, 0.717) is 10.6 Å². The molecular formula is C17H18ClNO. The van der Waals surface area contributed by atoms with Gasteiger partial charge in [-0.25, -0.2) is 0 Å². The molecule has 20 heavy (non-hydrogen) atoms. The van der Waals surface area contributed by atoms with E-state index >= 15 is 0 Å². The number of amides is 1. The van der Waals surface area contributed by atoms with Crippen LogP contribution >= 0.6 is 11.6 Å². The summed E-state index contributed by atoms with van der Waals surface area (Å²) in [5, 5.41) is 3.42. The lowest BCUT2D eigenvalue weighted by Crippen LogP contribution is -2.13. The molecule has 2 nitrogen and oxygen atoms in total. The van der Waals surface area contributed by atoms with Crippen LogP contribution < -0.4 is 5.32 Å². The lowest BCUT2D eigenvalue weighted by atomic mass is 10.1. The summed E-state index contributed by atoms with van der Waals surface area (Å²) in [6.07, 6.45) is 3.21. The zero-order valence-electron chi connectivity index (χ0n) is 11.5. The minimum absolute atomic E-state index is 0.167. The van der Waals surface area contributed by atoms with E-state index in [1.54, 1.807) is 12.1 Å². The van der Waals surface area contributed by atoms with E-state index < -0.39 is 0 Å². The quantitative estimate of drug-likeness (QED) is 0.829. The molecule has 2 aromatic rings. The third-order valence-corrected chi connectivity index (χ3v) is 3.51. The van der Waals surface area contributed by atoms with Gasteiger partial charge in [0.25, 0.3) is 5.91 Å². The highest BCUT2D eigenvalue weighted by Gasteiger charge is 2.11. The molecule has 0 spiro atoms. The average molecular weight is 288 g/mol. The molecule has 104 valence electrons. The summed E-state index contributed by atoms with van der Waals surface area (Å²) >= 11 is 6.05. The molecule has 2 aromatic carbocycles. The topological polar surface area (TPSA) is 29.1 Å². The summed E-state index contributed by atoms with van der Waals surface area (Å²) in [5.41, 5.74) is 2.53. The zero-order valence-corrected chi connectivity index (χ0v) is 12.3. The van der Waals surface area contributed by atoms with Crippen molar-refractivity contribution in [2.24, 2.45) is 0 Å². The third-order valence-electron chi connectivity index (χ3n) is 3.18. The summed E-state index contributed by atoms with van der Waals surface area (Å²) in [5.74, 6) is -0.167. The first kappa shape index (κ1) is 14.6. The number of hydrogen-bond donors (Lipinski definition) is 1. The molecule has 1 amide bonds. The zero-order chi connectivity index (χ0) is 14.4. The van der Waals surface area contributed by atoms with Crippen LogP contribution in [-0.4, -0.2) is 5.91 Å². The van der Waals surface area contributed by atoms with Gasteiger partial charge < -0.3 is 5.32 Å². The number of carbonyl (C=O) groups is 1. The normalized spacial score (nSPS) is 10.3. The van der Waals surface area contributed by atoms with Gasteiger partial charge in [-0.2, -0.15) is 0 Å². The number of carbonyl (C=O) groups excluding carboxylic acids is 1. The van der Waals surface area contributed by atoms with E-state index in [4.69, 9.17) is 11.6 Å². The van der Waals surface area contributed by atoms with E-state index in [1.807, 2.05) is 30.3 Å². The Kier molecular flexibility index (Phi) is 5.19. The molecule has 0 radical (unpaired) electrons. The molecule has 0 saturated heterocycles. The van der Waals surface area contributed by atoms with Crippen molar-refractivity contribution in [3.63, 3.8) is 0 Å². The van der Waals surface area contributed by atoms with Crippen LogP contribution in [0.5, 0.6) is 0 Å². The van der Waals surface area contributed by atoms with E-state index in [1.165, 1.54) is 0 Å². The molecule has 0 heterocycles. The average Bonchev–Trinajstić information content (AvgIpc) is 2.46. The van der Waals surface area contributed by atoms with Crippen molar-refractivity contribution in [2.75, 3.05) is 5.32 Å². The largest absolute Gasteiger partial charge is 0.322 e.